The van der Waals surface area contributed by atoms with Crippen molar-refractivity contribution in [2.24, 2.45) is 0 Å². The van der Waals surface area contributed by atoms with Crippen LogP contribution in [0, 0.1) is 0 Å². The summed E-state index contributed by atoms with van der Waals surface area (Å²) in [7, 11) is 0. The Morgan fingerprint density at radius 3 is 2.45 bits per heavy atom. The lowest BCUT2D eigenvalue weighted by Gasteiger charge is -2.32. The Morgan fingerprint density at radius 2 is 2.00 bits per heavy atom. The zero-order valence-corrected chi connectivity index (χ0v) is 12.8. The first-order chi connectivity index (χ1) is 9.41. The molecule has 2 amide bonds. The zero-order valence-electron chi connectivity index (χ0n) is 12.8. The Balaban J connectivity index is 4.87. The van der Waals surface area contributed by atoms with Crippen molar-refractivity contribution in [1.82, 2.24) is 10.2 Å². The second-order valence-corrected chi connectivity index (χ2v) is 4.99. The average molecular weight is 278 g/mol. The van der Waals surface area contributed by atoms with Gasteiger partial charge in [0.05, 0.1) is 5.54 Å². The molecule has 0 unspecified atom stereocenters. The van der Waals surface area contributed by atoms with E-state index in [1.54, 1.807) is 24.8 Å². The van der Waals surface area contributed by atoms with Crippen LogP contribution in [-0.4, -0.2) is 35.8 Å². The van der Waals surface area contributed by atoms with Gasteiger partial charge in [-0.2, -0.15) is 0 Å². The quantitative estimate of drug-likeness (QED) is 0.520. The van der Waals surface area contributed by atoms with Crippen LogP contribution in [-0.2, 0) is 4.79 Å². The molecule has 112 valence electrons. The highest BCUT2D eigenvalue weighted by atomic mass is 16.2. The van der Waals surface area contributed by atoms with E-state index < -0.39 is 5.54 Å². The molecule has 0 aliphatic rings. The maximum atomic E-state index is 12.3. The fraction of sp³-hybridized carbons (Fsp3) is 0.500. The van der Waals surface area contributed by atoms with Crippen molar-refractivity contribution < 1.29 is 9.59 Å². The SMILES string of the molecule is C=CCN(C/C=C/CC)C(=O)N[C@@](C)(CC=O)C(=C)C. The van der Waals surface area contributed by atoms with E-state index in [1.807, 2.05) is 19.1 Å². The molecule has 0 bridgehead atoms. The summed E-state index contributed by atoms with van der Waals surface area (Å²) in [5.74, 6) is 0. The topological polar surface area (TPSA) is 49.4 Å². The van der Waals surface area contributed by atoms with Gasteiger partial charge in [-0.1, -0.05) is 37.3 Å². The van der Waals surface area contributed by atoms with Crippen LogP contribution >= 0.6 is 0 Å². The number of carbonyl (C=O) groups is 2. The maximum absolute atomic E-state index is 12.3. The van der Waals surface area contributed by atoms with Crippen molar-refractivity contribution >= 4 is 12.3 Å². The molecule has 0 heterocycles. The van der Waals surface area contributed by atoms with Gasteiger partial charge in [-0.3, -0.25) is 0 Å². The van der Waals surface area contributed by atoms with Gasteiger partial charge in [-0.25, -0.2) is 4.79 Å². The Morgan fingerprint density at radius 1 is 1.35 bits per heavy atom. The first-order valence-electron chi connectivity index (χ1n) is 6.83. The molecule has 0 aromatic rings. The van der Waals surface area contributed by atoms with Crippen LogP contribution in [0.2, 0.25) is 0 Å². The summed E-state index contributed by atoms with van der Waals surface area (Å²) in [4.78, 5) is 24.7. The molecular weight excluding hydrogens is 252 g/mol. The first kappa shape index (κ1) is 18.2. The molecule has 0 aliphatic carbocycles. The van der Waals surface area contributed by atoms with E-state index in [-0.39, 0.29) is 12.5 Å². The number of nitrogens with zero attached hydrogens (tertiary/aromatic N) is 1. The van der Waals surface area contributed by atoms with E-state index >= 15 is 0 Å². The first-order valence-corrected chi connectivity index (χ1v) is 6.83. The molecule has 0 aromatic heterocycles. The third kappa shape index (κ3) is 5.87. The predicted molar refractivity (Wildman–Crippen MR) is 83.6 cm³/mol. The summed E-state index contributed by atoms with van der Waals surface area (Å²) < 4.78 is 0. The molecule has 1 N–H and O–H groups in total. The molecule has 0 spiro atoms. The minimum atomic E-state index is -0.716. The minimum absolute atomic E-state index is 0.209. The van der Waals surface area contributed by atoms with Crippen LogP contribution in [0.3, 0.4) is 0 Å². The van der Waals surface area contributed by atoms with Crippen LogP contribution < -0.4 is 5.32 Å². The van der Waals surface area contributed by atoms with Gasteiger partial charge in [0.15, 0.2) is 0 Å². The lowest BCUT2D eigenvalue weighted by atomic mass is 9.91. The summed E-state index contributed by atoms with van der Waals surface area (Å²) in [6.45, 7) is 14.1. The van der Waals surface area contributed by atoms with Crippen LogP contribution in [0.15, 0.2) is 37.0 Å². The van der Waals surface area contributed by atoms with Crippen molar-refractivity contribution in [2.45, 2.75) is 39.2 Å². The van der Waals surface area contributed by atoms with Gasteiger partial charge in [0.2, 0.25) is 0 Å². The van der Waals surface area contributed by atoms with Crippen molar-refractivity contribution in [2.75, 3.05) is 13.1 Å². The summed E-state index contributed by atoms with van der Waals surface area (Å²) in [6.07, 6.45) is 7.56. The van der Waals surface area contributed by atoms with E-state index in [0.29, 0.717) is 13.1 Å². The number of carbonyl (C=O) groups excluding carboxylic acids is 2. The number of amides is 2. The lowest BCUT2D eigenvalue weighted by Crippen LogP contribution is -2.52. The monoisotopic (exact) mass is 278 g/mol. The largest absolute Gasteiger partial charge is 0.329 e. The third-order valence-electron chi connectivity index (χ3n) is 3.18. The molecule has 0 aromatic carbocycles. The number of urea groups is 1. The standard InChI is InChI=1S/C16H26N2O2/c1-6-8-9-12-18(11-7-2)15(20)17-16(5,10-13-19)14(3)4/h7-9,13H,2-3,6,10-12H2,1,4-5H3,(H,17,20)/b9-8+/t16-/m0/s1. The van der Waals surface area contributed by atoms with Gasteiger partial charge in [0.1, 0.15) is 6.29 Å². The van der Waals surface area contributed by atoms with Gasteiger partial charge < -0.3 is 15.0 Å². The van der Waals surface area contributed by atoms with Gasteiger partial charge >= 0.3 is 6.03 Å². The summed E-state index contributed by atoms with van der Waals surface area (Å²) >= 11 is 0. The fourth-order valence-electron chi connectivity index (χ4n) is 1.58. The number of hydrogen-bond acceptors (Lipinski definition) is 2. The molecule has 0 aliphatic heterocycles. The second-order valence-electron chi connectivity index (χ2n) is 4.99. The molecule has 0 saturated heterocycles. The van der Waals surface area contributed by atoms with E-state index in [2.05, 4.69) is 18.5 Å². The Hall–Kier alpha value is -1.84. The van der Waals surface area contributed by atoms with E-state index in [1.165, 1.54) is 0 Å². The highest BCUT2D eigenvalue weighted by Crippen LogP contribution is 2.18. The Bertz CT molecular complexity index is 388. The molecule has 0 saturated carbocycles. The van der Waals surface area contributed by atoms with Crippen molar-refractivity contribution in [3.05, 3.63) is 37.0 Å². The number of aldehydes is 1. The predicted octanol–water partition coefficient (Wildman–Crippen LogP) is 3.07. The summed E-state index contributed by atoms with van der Waals surface area (Å²) in [6, 6.07) is -0.224. The van der Waals surface area contributed by atoms with Gasteiger partial charge in [0, 0.05) is 19.5 Å². The van der Waals surface area contributed by atoms with E-state index in [4.69, 9.17) is 0 Å². The molecule has 1 atom stereocenters. The molecule has 0 rings (SSSR count). The normalized spacial score (nSPS) is 13.6. The van der Waals surface area contributed by atoms with Gasteiger partial charge in [-0.05, 0) is 20.3 Å². The van der Waals surface area contributed by atoms with Crippen LogP contribution in [0.4, 0.5) is 4.79 Å². The second kappa shape index (κ2) is 9.13. The number of hydrogen-bond donors (Lipinski definition) is 1. The van der Waals surface area contributed by atoms with Gasteiger partial charge in [-0.15, -0.1) is 6.58 Å². The Kier molecular flexibility index (Phi) is 8.29. The van der Waals surface area contributed by atoms with E-state index in [9.17, 15) is 9.59 Å². The summed E-state index contributed by atoms with van der Waals surface area (Å²) in [5.41, 5.74) is 0.0350. The molecular formula is C16H26N2O2. The van der Waals surface area contributed by atoms with Crippen molar-refractivity contribution in [3.8, 4) is 0 Å². The third-order valence-corrected chi connectivity index (χ3v) is 3.18. The highest BCUT2D eigenvalue weighted by molar-refractivity contribution is 5.76. The zero-order chi connectivity index (χ0) is 15.6. The Labute approximate surface area is 122 Å². The number of rotatable bonds is 9. The molecule has 4 heteroatoms. The molecule has 20 heavy (non-hydrogen) atoms. The highest BCUT2D eigenvalue weighted by Gasteiger charge is 2.28. The average Bonchev–Trinajstić information content (AvgIpc) is 2.37. The molecule has 4 nitrogen and oxygen atoms in total. The summed E-state index contributed by atoms with van der Waals surface area (Å²) in [5, 5.41) is 2.88. The van der Waals surface area contributed by atoms with Gasteiger partial charge in [0.25, 0.3) is 0 Å². The van der Waals surface area contributed by atoms with Crippen molar-refractivity contribution in [3.63, 3.8) is 0 Å². The smallest absolute Gasteiger partial charge is 0.318 e. The fourth-order valence-corrected chi connectivity index (χ4v) is 1.58. The van der Waals surface area contributed by atoms with Crippen LogP contribution in [0.1, 0.15) is 33.6 Å². The molecule has 0 fully saturated rings. The number of allylic oxidation sites excluding steroid dienone is 1. The molecule has 0 radical (unpaired) electrons. The minimum Gasteiger partial charge on any atom is -0.329 e. The van der Waals surface area contributed by atoms with Crippen molar-refractivity contribution in [1.29, 1.82) is 0 Å². The lowest BCUT2D eigenvalue weighted by molar-refractivity contribution is -0.108. The van der Waals surface area contributed by atoms with Crippen LogP contribution in [0.5, 0.6) is 0 Å². The maximum Gasteiger partial charge on any atom is 0.318 e. The van der Waals surface area contributed by atoms with E-state index in [0.717, 1.165) is 18.3 Å². The van der Waals surface area contributed by atoms with Crippen LogP contribution in [0.25, 0.3) is 0 Å². The number of nitrogens with one attached hydrogen (secondary N) is 1.